The van der Waals surface area contributed by atoms with Crippen LogP contribution in [-0.2, 0) is 0 Å². The molecule has 0 fully saturated rings. The fourth-order valence-electron chi connectivity index (χ4n) is 0.798. The molecule has 12 heavy (non-hydrogen) atoms. The molecule has 0 aliphatic carbocycles. The van der Waals surface area contributed by atoms with Crippen molar-refractivity contribution in [2.75, 3.05) is 0 Å². The van der Waals surface area contributed by atoms with Gasteiger partial charge in [-0.15, -0.1) is 0 Å². The van der Waals surface area contributed by atoms with Crippen LogP contribution in [0.1, 0.15) is 15.9 Å². The maximum absolute atomic E-state index is 10.9. The van der Waals surface area contributed by atoms with Crippen molar-refractivity contribution in [3.63, 3.8) is 0 Å². The Bertz CT molecular complexity index is 338. The van der Waals surface area contributed by atoms with E-state index in [0.717, 1.165) is 13.6 Å². The molecule has 1 rings (SSSR count). The molecule has 0 aromatic heterocycles. The van der Waals surface area contributed by atoms with E-state index in [-0.39, 0.29) is 0 Å². The molecule has 0 aliphatic rings. The first-order valence-electron chi connectivity index (χ1n) is 3.18. The van der Waals surface area contributed by atoms with Crippen LogP contribution in [-0.4, -0.2) is 5.24 Å². The van der Waals surface area contributed by atoms with Crippen molar-refractivity contribution in [2.24, 2.45) is 0 Å². The second-order valence-electron chi connectivity index (χ2n) is 2.33. The lowest BCUT2D eigenvalue weighted by molar-refractivity contribution is 0.108. The second-order valence-corrected chi connectivity index (χ2v) is 4.55. The molecule has 0 aliphatic heterocycles. The van der Waals surface area contributed by atoms with E-state index in [1.165, 1.54) is 0 Å². The van der Waals surface area contributed by atoms with Crippen molar-refractivity contribution in [2.45, 2.75) is 6.92 Å². The van der Waals surface area contributed by atoms with Crippen LogP contribution in [0.15, 0.2) is 16.6 Å². The lowest BCUT2D eigenvalue weighted by Gasteiger charge is -2.03. The fourth-order valence-corrected chi connectivity index (χ4v) is 2.31. The molecule has 1 nitrogen and oxygen atoms in total. The van der Waals surface area contributed by atoms with Gasteiger partial charge in [-0.3, -0.25) is 4.79 Å². The van der Waals surface area contributed by atoms with E-state index in [4.69, 9.17) is 11.6 Å². The lowest BCUT2D eigenvalue weighted by Crippen LogP contribution is -1.95. The third kappa shape index (κ3) is 2.00. The Hall–Kier alpha value is 0.390. The van der Waals surface area contributed by atoms with Gasteiger partial charge >= 0.3 is 0 Å². The van der Waals surface area contributed by atoms with E-state index in [9.17, 15) is 4.79 Å². The van der Waals surface area contributed by atoms with Crippen molar-refractivity contribution in [3.05, 3.63) is 31.3 Å². The topological polar surface area (TPSA) is 17.1 Å². The summed E-state index contributed by atoms with van der Waals surface area (Å²) in [5, 5.41) is -0.417. The van der Waals surface area contributed by atoms with E-state index >= 15 is 0 Å². The van der Waals surface area contributed by atoms with Crippen LogP contribution in [0, 0.1) is 10.5 Å². The zero-order valence-electron chi connectivity index (χ0n) is 6.20. The summed E-state index contributed by atoms with van der Waals surface area (Å²) in [6.45, 7) is 1.97. The van der Waals surface area contributed by atoms with Crippen LogP contribution < -0.4 is 0 Å². The van der Waals surface area contributed by atoms with E-state index in [1.54, 1.807) is 6.07 Å². The molecule has 0 atom stereocenters. The Labute approximate surface area is 97.8 Å². The van der Waals surface area contributed by atoms with Crippen LogP contribution in [0.3, 0.4) is 0 Å². The van der Waals surface area contributed by atoms with Crippen molar-refractivity contribution in [1.82, 2.24) is 0 Å². The van der Waals surface area contributed by atoms with E-state index in [1.807, 2.05) is 13.0 Å². The molecule has 0 heterocycles. The maximum atomic E-state index is 10.9. The third-order valence-electron chi connectivity index (χ3n) is 1.49. The standard InChI is InChI=1S/C8H5BrClIO/c1-4-2-3-5(8(10)12)7(11)6(4)9/h2-3H,1H3. The van der Waals surface area contributed by atoms with E-state index in [0.29, 0.717) is 5.56 Å². The van der Waals surface area contributed by atoms with Crippen molar-refractivity contribution >= 4 is 55.4 Å². The number of carbonyl (C=O) groups is 1. The minimum absolute atomic E-state index is 0.417. The Morgan fingerprint density at radius 2 is 2.17 bits per heavy atom. The number of aryl methyl sites for hydroxylation is 1. The largest absolute Gasteiger partial charge is 0.276 e. The summed E-state index contributed by atoms with van der Waals surface area (Å²) in [6, 6.07) is 3.60. The Kier molecular flexibility index (Phi) is 3.55. The zero-order valence-corrected chi connectivity index (χ0v) is 10.7. The van der Waals surface area contributed by atoms with E-state index in [2.05, 4.69) is 38.5 Å². The van der Waals surface area contributed by atoms with Crippen LogP contribution >= 0.6 is 50.1 Å². The molecule has 0 saturated carbocycles. The Morgan fingerprint density at radius 3 is 2.67 bits per heavy atom. The summed E-state index contributed by atoms with van der Waals surface area (Å²) >= 11 is 10.8. The van der Waals surface area contributed by atoms with Gasteiger partial charge < -0.3 is 0 Å². The predicted molar refractivity (Wildman–Crippen MR) is 61.8 cm³/mol. The molecule has 1 aromatic carbocycles. The Morgan fingerprint density at radius 1 is 1.58 bits per heavy atom. The summed E-state index contributed by atoms with van der Waals surface area (Å²) < 4.78 is 1.81. The number of hydrogen-bond donors (Lipinski definition) is 0. The highest BCUT2D eigenvalue weighted by Gasteiger charge is 2.10. The highest BCUT2D eigenvalue weighted by molar-refractivity contribution is 14.1. The highest BCUT2D eigenvalue weighted by atomic mass is 127. The molecule has 0 bridgehead atoms. The quantitative estimate of drug-likeness (QED) is 0.551. The molecular weight excluding hydrogens is 354 g/mol. The summed E-state index contributed by atoms with van der Waals surface area (Å²) in [5.41, 5.74) is 1.65. The van der Waals surface area contributed by atoms with Gasteiger partial charge in [0.2, 0.25) is 0 Å². The molecule has 1 aromatic rings. The average Bonchev–Trinajstić information content (AvgIpc) is 2.00. The highest BCUT2D eigenvalue weighted by Crippen LogP contribution is 2.27. The van der Waals surface area contributed by atoms with Gasteiger partial charge in [-0.25, -0.2) is 0 Å². The summed E-state index contributed by atoms with van der Waals surface area (Å²) in [6.07, 6.45) is 0. The van der Waals surface area contributed by atoms with Gasteiger partial charge in [-0.2, -0.15) is 0 Å². The van der Waals surface area contributed by atoms with Crippen LogP contribution in [0.2, 0.25) is 0 Å². The van der Waals surface area contributed by atoms with Crippen LogP contribution in [0.25, 0.3) is 0 Å². The molecule has 0 saturated heterocycles. The van der Waals surface area contributed by atoms with Crippen LogP contribution in [0.4, 0.5) is 0 Å². The first kappa shape index (κ1) is 10.5. The van der Waals surface area contributed by atoms with E-state index < -0.39 is 5.24 Å². The molecule has 0 radical (unpaired) electrons. The minimum Gasteiger partial charge on any atom is -0.276 e. The fraction of sp³-hybridized carbons (Fsp3) is 0.125. The molecule has 0 unspecified atom stereocenters. The van der Waals surface area contributed by atoms with Crippen molar-refractivity contribution in [1.29, 1.82) is 0 Å². The number of carbonyl (C=O) groups excluding carboxylic acids is 1. The number of rotatable bonds is 1. The number of benzene rings is 1. The first-order valence-corrected chi connectivity index (χ1v) is 5.43. The average molecular weight is 359 g/mol. The number of hydrogen-bond acceptors (Lipinski definition) is 1. The normalized spacial score (nSPS) is 10.0. The van der Waals surface area contributed by atoms with Gasteiger partial charge in [-0.05, 0) is 68.7 Å². The van der Waals surface area contributed by atoms with Gasteiger partial charge in [0.25, 0.3) is 5.24 Å². The SMILES string of the molecule is Cc1ccc(C(=O)Cl)c(I)c1Br. The second kappa shape index (κ2) is 4.07. The van der Waals surface area contributed by atoms with Crippen molar-refractivity contribution < 1.29 is 4.79 Å². The van der Waals surface area contributed by atoms with Gasteiger partial charge in [0.1, 0.15) is 0 Å². The molecule has 0 N–H and O–H groups in total. The van der Waals surface area contributed by atoms with Gasteiger partial charge in [-0.1, -0.05) is 6.07 Å². The molecule has 0 amide bonds. The molecule has 4 heteroatoms. The zero-order chi connectivity index (χ0) is 9.30. The molecule has 0 spiro atoms. The Balaban J connectivity index is 3.36. The van der Waals surface area contributed by atoms with Crippen LogP contribution in [0.5, 0.6) is 0 Å². The third-order valence-corrected chi connectivity index (χ3v) is 4.57. The van der Waals surface area contributed by atoms with Gasteiger partial charge in [0, 0.05) is 13.6 Å². The summed E-state index contributed by atoms with van der Waals surface area (Å²) in [5.74, 6) is 0. The first-order chi connectivity index (χ1) is 5.54. The monoisotopic (exact) mass is 358 g/mol. The van der Waals surface area contributed by atoms with Crippen molar-refractivity contribution in [3.8, 4) is 0 Å². The smallest absolute Gasteiger partial charge is 0.253 e. The summed E-state index contributed by atoms with van der Waals surface area (Å²) in [7, 11) is 0. The predicted octanol–water partition coefficient (Wildman–Crippen LogP) is 3.74. The van der Waals surface area contributed by atoms with Gasteiger partial charge in [0.05, 0.1) is 0 Å². The number of halogens is 3. The minimum atomic E-state index is -0.417. The molecule has 64 valence electrons. The van der Waals surface area contributed by atoms with Gasteiger partial charge in [0.15, 0.2) is 0 Å². The summed E-state index contributed by atoms with van der Waals surface area (Å²) in [4.78, 5) is 10.9. The maximum Gasteiger partial charge on any atom is 0.253 e. The molecular formula is C8H5BrClIO. The lowest BCUT2D eigenvalue weighted by atomic mass is 10.2.